The Labute approximate surface area is 164 Å². The van der Waals surface area contributed by atoms with Crippen molar-refractivity contribution in [2.45, 2.75) is 38.2 Å². The first-order valence-electron chi connectivity index (χ1n) is 8.55. The maximum absolute atomic E-state index is 12.5. The molecule has 2 aromatic rings. The fourth-order valence-corrected chi connectivity index (χ4v) is 3.25. The second-order valence-electron chi connectivity index (χ2n) is 6.80. The number of hydrogen-bond acceptors (Lipinski definition) is 4. The Balaban J connectivity index is 2.27. The molecule has 27 heavy (non-hydrogen) atoms. The van der Waals surface area contributed by atoms with E-state index in [0.29, 0.717) is 11.3 Å². The first-order chi connectivity index (χ1) is 12.7. The van der Waals surface area contributed by atoms with Crippen molar-refractivity contribution >= 4 is 29.6 Å². The number of carboxylic acid groups (broad SMARTS) is 1. The average Bonchev–Trinajstić information content (AvgIpc) is 2.62. The summed E-state index contributed by atoms with van der Waals surface area (Å²) in [5, 5.41) is 9.26. The molecule has 0 saturated carbocycles. The van der Waals surface area contributed by atoms with E-state index in [4.69, 9.17) is 4.74 Å². The molecule has 2 rings (SSSR count). The number of ether oxygens (including phenoxy) is 1. The van der Waals surface area contributed by atoms with Gasteiger partial charge in [0.15, 0.2) is 11.4 Å². The standard InChI is InChI=1S/C22H24O4S/c1-14-12-16(13-15(2)20(14)26-22(3,4)21(24)25)10-11-18(23)17-8-6-7-9-19(17)27-5/h6-13H,1-5H3,(H,24,25). The highest BCUT2D eigenvalue weighted by Crippen LogP contribution is 2.29. The molecular formula is C22H24O4S. The molecule has 0 radical (unpaired) electrons. The summed E-state index contributed by atoms with van der Waals surface area (Å²) in [4.78, 5) is 24.8. The molecule has 0 amide bonds. The van der Waals surface area contributed by atoms with Gasteiger partial charge >= 0.3 is 5.97 Å². The summed E-state index contributed by atoms with van der Waals surface area (Å²) >= 11 is 1.54. The van der Waals surface area contributed by atoms with Gasteiger partial charge in [0.25, 0.3) is 0 Å². The lowest BCUT2D eigenvalue weighted by molar-refractivity contribution is -0.152. The number of hydrogen-bond donors (Lipinski definition) is 1. The van der Waals surface area contributed by atoms with Crippen LogP contribution >= 0.6 is 11.8 Å². The summed E-state index contributed by atoms with van der Waals surface area (Å²) in [5.74, 6) is -0.524. The third-order valence-electron chi connectivity index (χ3n) is 4.15. The lowest BCUT2D eigenvalue weighted by Gasteiger charge is -2.24. The Kier molecular flexibility index (Phi) is 6.50. The highest BCUT2D eigenvalue weighted by atomic mass is 32.2. The molecule has 4 nitrogen and oxygen atoms in total. The minimum atomic E-state index is -1.32. The Bertz CT molecular complexity index is 874. The van der Waals surface area contributed by atoms with Crippen LogP contribution in [-0.2, 0) is 4.79 Å². The summed E-state index contributed by atoms with van der Waals surface area (Å²) in [6.45, 7) is 6.76. The number of carbonyl (C=O) groups excluding carboxylic acids is 1. The van der Waals surface area contributed by atoms with Crippen molar-refractivity contribution in [3.8, 4) is 5.75 Å². The minimum Gasteiger partial charge on any atom is -0.478 e. The van der Waals surface area contributed by atoms with Gasteiger partial charge in [-0.15, -0.1) is 11.8 Å². The monoisotopic (exact) mass is 384 g/mol. The zero-order valence-electron chi connectivity index (χ0n) is 16.2. The van der Waals surface area contributed by atoms with Crippen LogP contribution < -0.4 is 4.74 Å². The van der Waals surface area contributed by atoms with E-state index in [-0.39, 0.29) is 5.78 Å². The van der Waals surface area contributed by atoms with Crippen LogP contribution in [0.5, 0.6) is 5.75 Å². The highest BCUT2D eigenvalue weighted by Gasteiger charge is 2.30. The molecule has 0 aliphatic heterocycles. The van der Waals surface area contributed by atoms with E-state index in [1.54, 1.807) is 23.9 Å². The molecule has 0 unspecified atom stereocenters. The number of allylic oxidation sites excluding steroid dienone is 1. The van der Waals surface area contributed by atoms with Crippen molar-refractivity contribution in [3.05, 3.63) is 64.7 Å². The molecule has 0 atom stereocenters. The molecular weight excluding hydrogens is 360 g/mol. The number of carbonyl (C=O) groups is 2. The van der Waals surface area contributed by atoms with Gasteiger partial charge in [0, 0.05) is 10.5 Å². The van der Waals surface area contributed by atoms with Gasteiger partial charge in [0.1, 0.15) is 5.75 Å². The summed E-state index contributed by atoms with van der Waals surface area (Å²) in [7, 11) is 0. The van der Waals surface area contributed by atoms with Crippen LogP contribution in [0, 0.1) is 13.8 Å². The third-order valence-corrected chi connectivity index (χ3v) is 4.95. The van der Waals surface area contributed by atoms with Crippen LogP contribution in [0.3, 0.4) is 0 Å². The lowest BCUT2D eigenvalue weighted by atomic mass is 10.0. The molecule has 0 heterocycles. The molecule has 0 fully saturated rings. The predicted molar refractivity (Wildman–Crippen MR) is 110 cm³/mol. The number of aryl methyl sites for hydroxylation is 2. The van der Waals surface area contributed by atoms with E-state index in [2.05, 4.69) is 0 Å². The fraction of sp³-hybridized carbons (Fsp3) is 0.273. The van der Waals surface area contributed by atoms with E-state index in [1.807, 2.05) is 56.5 Å². The van der Waals surface area contributed by atoms with Crippen LogP contribution in [0.4, 0.5) is 0 Å². The van der Waals surface area contributed by atoms with Crippen molar-refractivity contribution in [1.82, 2.24) is 0 Å². The molecule has 0 bridgehead atoms. The molecule has 5 heteroatoms. The molecule has 0 saturated heterocycles. The van der Waals surface area contributed by atoms with Crippen LogP contribution in [0.2, 0.25) is 0 Å². The quantitative estimate of drug-likeness (QED) is 0.406. The predicted octanol–water partition coefficient (Wildman–Crippen LogP) is 5.16. The SMILES string of the molecule is CSc1ccccc1C(=O)C=Cc1cc(C)c(OC(C)(C)C(=O)O)c(C)c1. The second-order valence-corrected chi connectivity index (χ2v) is 7.65. The number of thioether (sulfide) groups is 1. The van der Waals surface area contributed by atoms with Crippen LogP contribution in [0.15, 0.2) is 47.4 Å². The molecule has 0 aliphatic carbocycles. The zero-order valence-corrected chi connectivity index (χ0v) is 17.0. The number of aliphatic carboxylic acids is 1. The fourth-order valence-electron chi connectivity index (χ4n) is 2.65. The largest absolute Gasteiger partial charge is 0.478 e. The highest BCUT2D eigenvalue weighted by molar-refractivity contribution is 7.98. The number of carboxylic acids is 1. The first-order valence-corrected chi connectivity index (χ1v) is 9.77. The normalized spacial score (nSPS) is 11.6. The van der Waals surface area contributed by atoms with Gasteiger partial charge in [-0.2, -0.15) is 0 Å². The van der Waals surface area contributed by atoms with E-state index in [1.165, 1.54) is 13.8 Å². The third kappa shape index (κ3) is 5.01. The number of benzene rings is 2. The number of rotatable bonds is 7. The number of ketones is 1. The van der Waals surface area contributed by atoms with Crippen molar-refractivity contribution in [2.75, 3.05) is 6.26 Å². The topological polar surface area (TPSA) is 63.6 Å². The van der Waals surface area contributed by atoms with Gasteiger partial charge in [-0.05, 0) is 81.0 Å². The molecule has 142 valence electrons. The van der Waals surface area contributed by atoms with Crippen molar-refractivity contribution in [3.63, 3.8) is 0 Å². The Morgan fingerprint density at radius 1 is 1.11 bits per heavy atom. The Hall–Kier alpha value is -2.53. The van der Waals surface area contributed by atoms with Crippen molar-refractivity contribution < 1.29 is 19.4 Å². The Morgan fingerprint density at radius 3 is 2.26 bits per heavy atom. The summed E-state index contributed by atoms with van der Waals surface area (Å²) in [5.41, 5.74) is 1.87. The van der Waals surface area contributed by atoms with Crippen molar-refractivity contribution in [1.29, 1.82) is 0 Å². The zero-order chi connectivity index (χ0) is 20.2. The maximum Gasteiger partial charge on any atom is 0.347 e. The Morgan fingerprint density at radius 2 is 1.70 bits per heavy atom. The average molecular weight is 384 g/mol. The molecule has 1 N–H and O–H groups in total. The van der Waals surface area contributed by atoms with E-state index in [9.17, 15) is 14.7 Å². The van der Waals surface area contributed by atoms with Crippen LogP contribution in [0.25, 0.3) is 6.08 Å². The van der Waals surface area contributed by atoms with Gasteiger partial charge in [-0.3, -0.25) is 4.79 Å². The van der Waals surface area contributed by atoms with Gasteiger partial charge in [0.05, 0.1) is 0 Å². The van der Waals surface area contributed by atoms with Crippen LogP contribution in [-0.4, -0.2) is 28.7 Å². The van der Waals surface area contributed by atoms with Gasteiger partial charge in [-0.1, -0.05) is 18.2 Å². The van der Waals surface area contributed by atoms with Gasteiger partial charge in [-0.25, -0.2) is 4.79 Å². The second kappa shape index (κ2) is 8.44. The van der Waals surface area contributed by atoms with Gasteiger partial charge in [0.2, 0.25) is 0 Å². The molecule has 0 aliphatic rings. The first kappa shape index (κ1) is 20.8. The van der Waals surface area contributed by atoms with E-state index >= 15 is 0 Å². The van der Waals surface area contributed by atoms with Crippen LogP contribution in [0.1, 0.15) is 40.9 Å². The van der Waals surface area contributed by atoms with Gasteiger partial charge < -0.3 is 9.84 Å². The summed E-state index contributed by atoms with van der Waals surface area (Å²) in [6, 6.07) is 11.3. The smallest absolute Gasteiger partial charge is 0.347 e. The lowest BCUT2D eigenvalue weighted by Crippen LogP contribution is -2.38. The summed E-state index contributed by atoms with van der Waals surface area (Å²) in [6.07, 6.45) is 5.27. The summed E-state index contributed by atoms with van der Waals surface area (Å²) < 4.78 is 5.71. The molecule has 0 spiro atoms. The minimum absolute atomic E-state index is 0.0532. The molecule has 0 aromatic heterocycles. The van der Waals surface area contributed by atoms with E-state index in [0.717, 1.165) is 21.6 Å². The maximum atomic E-state index is 12.5. The van der Waals surface area contributed by atoms with Crippen molar-refractivity contribution in [2.24, 2.45) is 0 Å². The molecule has 2 aromatic carbocycles. The van der Waals surface area contributed by atoms with E-state index < -0.39 is 11.6 Å².